The smallest absolute Gasteiger partial charge is 0.220 e. The third-order valence-corrected chi connectivity index (χ3v) is 9.56. The minimum atomic E-state index is 0.589. The van der Waals surface area contributed by atoms with Crippen molar-refractivity contribution in [2.75, 3.05) is 4.90 Å². The van der Waals surface area contributed by atoms with Crippen molar-refractivity contribution in [3.8, 4) is 62.1 Å². The van der Waals surface area contributed by atoms with E-state index in [1.54, 1.807) is 0 Å². The van der Waals surface area contributed by atoms with Crippen molar-refractivity contribution in [3.63, 3.8) is 0 Å². The molecule has 0 spiro atoms. The predicted octanol–water partition coefficient (Wildman–Crippen LogP) is 11.3. The molecule has 2 aromatic heterocycles. The normalized spacial score (nSPS) is 11.8. The van der Waals surface area contributed by atoms with Gasteiger partial charge < -0.3 is 0 Å². The van der Waals surface area contributed by atoms with E-state index < -0.39 is 0 Å². The average Bonchev–Trinajstić information content (AvgIpc) is 3.55. The number of fused-ring (bicyclic) bond motifs is 7. The van der Waals surface area contributed by atoms with E-state index in [-0.39, 0.29) is 0 Å². The van der Waals surface area contributed by atoms with Crippen LogP contribution in [0.3, 0.4) is 0 Å². The molecule has 9 aromatic rings. The molecular formula is C46H30N6. The van der Waals surface area contributed by atoms with Gasteiger partial charge in [-0.2, -0.15) is 0 Å². The van der Waals surface area contributed by atoms with Crippen molar-refractivity contribution >= 4 is 28.4 Å². The largest absolute Gasteiger partial charge is 0.280 e. The first-order valence-corrected chi connectivity index (χ1v) is 17.3. The van der Waals surface area contributed by atoms with Crippen molar-refractivity contribution in [2.24, 2.45) is 0 Å². The second kappa shape index (κ2) is 12.3. The Hall–Kier alpha value is -7.18. The molecule has 0 fully saturated rings. The van der Waals surface area contributed by atoms with E-state index in [1.807, 2.05) is 72.8 Å². The Morgan fingerprint density at radius 3 is 1.48 bits per heavy atom. The van der Waals surface area contributed by atoms with Gasteiger partial charge in [-0.05, 0) is 53.6 Å². The van der Waals surface area contributed by atoms with Crippen molar-refractivity contribution in [1.82, 2.24) is 24.5 Å². The number of hydrogen-bond acceptors (Lipinski definition) is 5. The van der Waals surface area contributed by atoms with Gasteiger partial charge in [-0.3, -0.25) is 9.47 Å². The molecule has 0 N–H and O–H groups in total. The Bertz CT molecular complexity index is 2680. The Morgan fingerprint density at radius 1 is 0.346 bits per heavy atom. The third-order valence-electron chi connectivity index (χ3n) is 9.56. The van der Waals surface area contributed by atoms with Crippen LogP contribution in [-0.2, 0) is 0 Å². The van der Waals surface area contributed by atoms with Gasteiger partial charge in [0.2, 0.25) is 5.95 Å². The average molecular weight is 667 g/mol. The van der Waals surface area contributed by atoms with Crippen LogP contribution in [0, 0.1) is 0 Å². The van der Waals surface area contributed by atoms with Gasteiger partial charge in [0.25, 0.3) is 0 Å². The summed E-state index contributed by atoms with van der Waals surface area (Å²) in [5.74, 6) is 2.63. The number of benzene rings is 7. The summed E-state index contributed by atoms with van der Waals surface area (Å²) < 4.78 is 2.28. The molecule has 244 valence electrons. The van der Waals surface area contributed by atoms with Crippen molar-refractivity contribution in [1.29, 1.82) is 0 Å². The summed E-state index contributed by atoms with van der Waals surface area (Å²) in [7, 11) is 0. The lowest BCUT2D eigenvalue weighted by Gasteiger charge is -2.25. The molecule has 3 heterocycles. The van der Waals surface area contributed by atoms with Gasteiger partial charge in [0.15, 0.2) is 17.5 Å². The molecule has 0 saturated heterocycles. The van der Waals surface area contributed by atoms with E-state index in [0.717, 1.165) is 73.0 Å². The molecule has 0 atom stereocenters. The molecule has 10 rings (SSSR count). The molecule has 6 heteroatoms. The molecule has 1 aliphatic heterocycles. The highest BCUT2D eigenvalue weighted by molar-refractivity contribution is 5.97. The maximum Gasteiger partial charge on any atom is 0.220 e. The minimum Gasteiger partial charge on any atom is -0.280 e. The molecule has 0 bridgehead atoms. The van der Waals surface area contributed by atoms with E-state index in [0.29, 0.717) is 17.5 Å². The third kappa shape index (κ3) is 5.05. The zero-order chi connectivity index (χ0) is 34.4. The molecule has 0 saturated carbocycles. The molecule has 52 heavy (non-hydrogen) atoms. The summed E-state index contributed by atoms with van der Waals surface area (Å²) in [6.07, 6.45) is 0. The van der Waals surface area contributed by atoms with E-state index in [9.17, 15) is 0 Å². The molecule has 0 amide bonds. The zero-order valence-electron chi connectivity index (χ0n) is 28.0. The van der Waals surface area contributed by atoms with Crippen molar-refractivity contribution < 1.29 is 0 Å². The van der Waals surface area contributed by atoms with E-state index in [2.05, 4.69) is 119 Å². The number of nitrogens with zero attached hydrogens (tertiary/aromatic N) is 6. The van der Waals surface area contributed by atoms with E-state index >= 15 is 0 Å². The maximum atomic E-state index is 5.33. The number of rotatable bonds is 5. The maximum absolute atomic E-state index is 5.33. The van der Waals surface area contributed by atoms with Crippen LogP contribution in [0.1, 0.15) is 0 Å². The van der Waals surface area contributed by atoms with Crippen LogP contribution in [0.25, 0.3) is 73.1 Å². The van der Waals surface area contributed by atoms with Gasteiger partial charge in [0.05, 0.1) is 28.1 Å². The summed E-state index contributed by atoms with van der Waals surface area (Å²) in [6.45, 7) is 0. The molecule has 0 radical (unpaired) electrons. The Balaban J connectivity index is 1.27. The molecule has 0 aliphatic carbocycles. The summed E-state index contributed by atoms with van der Waals surface area (Å²) in [5.41, 5.74) is 12.1. The SMILES string of the molecule is c1ccc(-c2cc(-c3nc(-c4ccccc4)nc(-c4ccccc4)n3)cc(N3c4ccccc4-c4ccccc4-n4c3nc3ccccc34)c2)cc1. The quantitative estimate of drug-likeness (QED) is 0.183. The molecule has 1 aliphatic rings. The second-order valence-electron chi connectivity index (χ2n) is 12.8. The lowest BCUT2D eigenvalue weighted by atomic mass is 9.99. The first-order chi connectivity index (χ1) is 25.8. The first kappa shape index (κ1) is 29.7. The number of imidazole rings is 1. The molecule has 6 nitrogen and oxygen atoms in total. The molecule has 7 aromatic carbocycles. The van der Waals surface area contributed by atoms with Gasteiger partial charge in [-0.25, -0.2) is 19.9 Å². The zero-order valence-corrected chi connectivity index (χ0v) is 28.0. The van der Waals surface area contributed by atoms with Gasteiger partial charge >= 0.3 is 0 Å². The van der Waals surface area contributed by atoms with E-state index in [4.69, 9.17) is 19.9 Å². The monoisotopic (exact) mass is 666 g/mol. The standard InChI is InChI=1S/C46H30N6/c1-4-16-31(17-5-1)34-28-35(45-49-43(32-18-6-2-7-19-32)48-44(50-45)33-20-8-3-9-21-33)30-36(29-34)51-40-25-13-10-22-37(40)38-23-11-14-26-41(38)52-42-27-15-12-24-39(42)47-46(51)52/h1-30H. The van der Waals surface area contributed by atoms with Crippen LogP contribution in [0.15, 0.2) is 182 Å². The topological polar surface area (TPSA) is 59.7 Å². The highest BCUT2D eigenvalue weighted by Gasteiger charge is 2.29. The van der Waals surface area contributed by atoms with Gasteiger partial charge in [-0.1, -0.05) is 140 Å². The van der Waals surface area contributed by atoms with Crippen LogP contribution >= 0.6 is 0 Å². The predicted molar refractivity (Wildman–Crippen MR) is 210 cm³/mol. The molecule has 0 unspecified atom stereocenters. The summed E-state index contributed by atoms with van der Waals surface area (Å²) >= 11 is 0. The second-order valence-corrected chi connectivity index (χ2v) is 12.8. The lowest BCUT2D eigenvalue weighted by Crippen LogP contribution is -2.14. The van der Waals surface area contributed by atoms with Crippen LogP contribution in [-0.4, -0.2) is 24.5 Å². The number of para-hydroxylation sites is 4. The highest BCUT2D eigenvalue weighted by atomic mass is 15.3. The lowest BCUT2D eigenvalue weighted by molar-refractivity contribution is 1.05. The van der Waals surface area contributed by atoms with Crippen LogP contribution in [0.5, 0.6) is 0 Å². The van der Waals surface area contributed by atoms with Gasteiger partial charge in [0.1, 0.15) is 0 Å². The fourth-order valence-electron chi connectivity index (χ4n) is 7.16. The van der Waals surface area contributed by atoms with Crippen molar-refractivity contribution in [3.05, 3.63) is 182 Å². The van der Waals surface area contributed by atoms with Crippen molar-refractivity contribution in [2.45, 2.75) is 0 Å². The minimum absolute atomic E-state index is 0.589. The summed E-state index contributed by atoms with van der Waals surface area (Å²) in [5, 5.41) is 0. The number of hydrogen-bond donors (Lipinski definition) is 0. The van der Waals surface area contributed by atoms with Crippen LogP contribution in [0.4, 0.5) is 17.3 Å². The summed E-state index contributed by atoms with van der Waals surface area (Å²) in [4.78, 5) is 22.8. The number of aromatic nitrogens is 5. The van der Waals surface area contributed by atoms with E-state index in [1.165, 1.54) is 0 Å². The fourth-order valence-corrected chi connectivity index (χ4v) is 7.16. The molecular weight excluding hydrogens is 637 g/mol. The summed E-state index contributed by atoms with van der Waals surface area (Å²) in [6, 6.07) is 62.8. The van der Waals surface area contributed by atoms with Gasteiger partial charge in [-0.15, -0.1) is 0 Å². The van der Waals surface area contributed by atoms with Crippen LogP contribution in [0.2, 0.25) is 0 Å². The van der Waals surface area contributed by atoms with Crippen LogP contribution < -0.4 is 4.90 Å². The Kier molecular flexibility index (Phi) is 7.03. The van der Waals surface area contributed by atoms with Gasteiger partial charge in [0, 0.05) is 27.8 Å². The Labute approximate surface area is 301 Å². The fraction of sp³-hybridized carbons (Fsp3) is 0. The highest BCUT2D eigenvalue weighted by Crippen LogP contribution is 2.48. The first-order valence-electron chi connectivity index (χ1n) is 17.3. The Morgan fingerprint density at radius 2 is 0.827 bits per heavy atom. The number of anilines is 3.